The Morgan fingerprint density at radius 3 is 3.10 bits per heavy atom. The van der Waals surface area contributed by atoms with E-state index in [2.05, 4.69) is 55.6 Å². The molecule has 4 nitrogen and oxygen atoms in total. The molecule has 2 aromatic rings. The molecule has 0 aliphatic carbocycles. The van der Waals surface area contributed by atoms with E-state index in [1.54, 1.807) is 0 Å². The number of aromatic nitrogens is 1. The first-order valence-electron chi connectivity index (χ1n) is 6.43. The SMILES string of the molecule is C=CCN1C(N)=NCC1c1ccc(Br)c2cccnc12. The van der Waals surface area contributed by atoms with Crippen molar-refractivity contribution in [1.29, 1.82) is 0 Å². The number of nitrogens with zero attached hydrogens (tertiary/aromatic N) is 3. The predicted molar refractivity (Wildman–Crippen MR) is 85.6 cm³/mol. The first-order chi connectivity index (χ1) is 9.72. The van der Waals surface area contributed by atoms with Crippen molar-refractivity contribution in [1.82, 2.24) is 9.88 Å². The highest BCUT2D eigenvalue weighted by atomic mass is 79.9. The summed E-state index contributed by atoms with van der Waals surface area (Å²) in [7, 11) is 0. The van der Waals surface area contributed by atoms with Crippen LogP contribution in [0.2, 0.25) is 0 Å². The highest BCUT2D eigenvalue weighted by Crippen LogP contribution is 2.33. The van der Waals surface area contributed by atoms with Gasteiger partial charge in [0.15, 0.2) is 5.96 Å². The van der Waals surface area contributed by atoms with Crippen molar-refractivity contribution >= 4 is 32.8 Å². The summed E-state index contributed by atoms with van der Waals surface area (Å²) >= 11 is 3.57. The Morgan fingerprint density at radius 1 is 1.45 bits per heavy atom. The number of nitrogens with two attached hydrogens (primary N) is 1. The molecule has 5 heteroatoms. The molecule has 102 valence electrons. The second-order valence-corrected chi connectivity index (χ2v) is 5.55. The topological polar surface area (TPSA) is 54.5 Å². The van der Waals surface area contributed by atoms with E-state index in [-0.39, 0.29) is 6.04 Å². The summed E-state index contributed by atoms with van der Waals surface area (Å²) in [6.07, 6.45) is 3.66. The second kappa shape index (κ2) is 5.25. The average molecular weight is 331 g/mol. The number of fused-ring (bicyclic) bond motifs is 1. The van der Waals surface area contributed by atoms with Gasteiger partial charge in [-0.2, -0.15) is 0 Å². The van der Waals surface area contributed by atoms with Crippen LogP contribution in [-0.4, -0.2) is 28.9 Å². The first kappa shape index (κ1) is 13.1. The normalized spacial score (nSPS) is 18.4. The lowest BCUT2D eigenvalue weighted by atomic mass is 10.0. The Bertz CT molecular complexity index is 695. The second-order valence-electron chi connectivity index (χ2n) is 4.69. The molecule has 0 radical (unpaired) electrons. The lowest BCUT2D eigenvalue weighted by Crippen LogP contribution is -2.36. The van der Waals surface area contributed by atoms with Crippen LogP contribution in [0.5, 0.6) is 0 Å². The van der Waals surface area contributed by atoms with Gasteiger partial charge >= 0.3 is 0 Å². The summed E-state index contributed by atoms with van der Waals surface area (Å²) in [5, 5.41) is 1.11. The highest BCUT2D eigenvalue weighted by molar-refractivity contribution is 9.10. The van der Waals surface area contributed by atoms with Crippen molar-refractivity contribution in [2.24, 2.45) is 10.7 Å². The summed E-state index contributed by atoms with van der Waals surface area (Å²) in [5.41, 5.74) is 8.10. The number of benzene rings is 1. The third kappa shape index (κ3) is 2.08. The molecule has 20 heavy (non-hydrogen) atoms. The van der Waals surface area contributed by atoms with Gasteiger partial charge in [-0.15, -0.1) is 6.58 Å². The van der Waals surface area contributed by atoms with Crippen LogP contribution in [0.3, 0.4) is 0 Å². The highest BCUT2D eigenvalue weighted by Gasteiger charge is 2.28. The molecule has 1 aliphatic rings. The van der Waals surface area contributed by atoms with Crippen molar-refractivity contribution in [3.05, 3.63) is 53.2 Å². The van der Waals surface area contributed by atoms with E-state index in [0.29, 0.717) is 19.0 Å². The van der Waals surface area contributed by atoms with Crippen molar-refractivity contribution in [2.75, 3.05) is 13.1 Å². The standard InChI is InChI=1S/C15H15BrN4/c1-2-8-20-13(9-19-15(20)17)11-5-6-12(16)10-4-3-7-18-14(10)11/h2-7,13H,1,8-9H2,(H2,17,19). The molecule has 0 spiro atoms. The van der Waals surface area contributed by atoms with Gasteiger partial charge in [-0.1, -0.05) is 34.1 Å². The quantitative estimate of drug-likeness (QED) is 0.880. The Balaban J connectivity index is 2.11. The molecule has 1 atom stereocenters. The third-order valence-corrected chi connectivity index (χ3v) is 4.22. The summed E-state index contributed by atoms with van der Waals surface area (Å²) in [4.78, 5) is 10.9. The summed E-state index contributed by atoms with van der Waals surface area (Å²) < 4.78 is 1.05. The van der Waals surface area contributed by atoms with Crippen LogP contribution >= 0.6 is 15.9 Å². The molecule has 3 rings (SSSR count). The van der Waals surface area contributed by atoms with Crippen molar-refractivity contribution < 1.29 is 0 Å². The van der Waals surface area contributed by atoms with E-state index >= 15 is 0 Å². The molecule has 1 aromatic heterocycles. The van der Waals surface area contributed by atoms with Crippen LogP contribution in [0.25, 0.3) is 10.9 Å². The molecule has 0 bridgehead atoms. The minimum Gasteiger partial charge on any atom is -0.370 e. The molecule has 2 N–H and O–H groups in total. The van der Waals surface area contributed by atoms with Crippen LogP contribution in [0.4, 0.5) is 0 Å². The molecule has 0 fully saturated rings. The number of hydrogen-bond donors (Lipinski definition) is 1. The number of rotatable bonds is 3. The zero-order valence-electron chi connectivity index (χ0n) is 11.0. The molecule has 0 saturated heterocycles. The Hall–Kier alpha value is -1.88. The maximum absolute atomic E-state index is 5.97. The molecule has 0 amide bonds. The van der Waals surface area contributed by atoms with Gasteiger partial charge < -0.3 is 10.6 Å². The summed E-state index contributed by atoms with van der Waals surface area (Å²) in [6.45, 7) is 5.13. The minimum absolute atomic E-state index is 0.124. The lowest BCUT2D eigenvalue weighted by molar-refractivity contribution is 0.382. The number of guanidine groups is 1. The van der Waals surface area contributed by atoms with E-state index in [4.69, 9.17) is 5.73 Å². The van der Waals surface area contributed by atoms with Crippen LogP contribution in [0.1, 0.15) is 11.6 Å². The number of halogens is 1. The fourth-order valence-electron chi connectivity index (χ4n) is 2.58. The first-order valence-corrected chi connectivity index (χ1v) is 7.22. The third-order valence-electron chi connectivity index (χ3n) is 3.53. The van der Waals surface area contributed by atoms with Gasteiger partial charge in [0, 0.05) is 28.2 Å². The van der Waals surface area contributed by atoms with Crippen LogP contribution < -0.4 is 5.73 Å². The van der Waals surface area contributed by atoms with Gasteiger partial charge in [-0.05, 0) is 12.1 Å². The Kier molecular flexibility index (Phi) is 3.44. The molecule has 1 unspecified atom stereocenters. The summed E-state index contributed by atoms with van der Waals surface area (Å²) in [5.74, 6) is 0.571. The zero-order valence-corrected chi connectivity index (χ0v) is 12.5. The van der Waals surface area contributed by atoms with E-state index in [1.165, 1.54) is 0 Å². The molecule has 2 heterocycles. The largest absolute Gasteiger partial charge is 0.370 e. The van der Waals surface area contributed by atoms with E-state index < -0.39 is 0 Å². The fraction of sp³-hybridized carbons (Fsp3) is 0.200. The number of hydrogen-bond acceptors (Lipinski definition) is 4. The van der Waals surface area contributed by atoms with Gasteiger partial charge in [0.1, 0.15) is 0 Å². The van der Waals surface area contributed by atoms with Gasteiger partial charge in [0.2, 0.25) is 0 Å². The monoisotopic (exact) mass is 330 g/mol. The zero-order chi connectivity index (χ0) is 14.1. The van der Waals surface area contributed by atoms with E-state index in [1.807, 2.05) is 18.3 Å². The van der Waals surface area contributed by atoms with Crippen LogP contribution in [-0.2, 0) is 0 Å². The van der Waals surface area contributed by atoms with Gasteiger partial charge in [0.05, 0.1) is 18.1 Å². The van der Waals surface area contributed by atoms with Crippen molar-refractivity contribution in [3.63, 3.8) is 0 Å². The smallest absolute Gasteiger partial charge is 0.192 e. The van der Waals surface area contributed by atoms with E-state index in [0.717, 1.165) is 20.9 Å². The minimum atomic E-state index is 0.124. The molecular formula is C15H15BrN4. The van der Waals surface area contributed by atoms with Crippen LogP contribution in [0.15, 0.2) is 52.6 Å². The Morgan fingerprint density at radius 2 is 2.30 bits per heavy atom. The fourth-order valence-corrected chi connectivity index (χ4v) is 3.04. The van der Waals surface area contributed by atoms with E-state index in [9.17, 15) is 0 Å². The van der Waals surface area contributed by atoms with Gasteiger partial charge in [-0.25, -0.2) is 0 Å². The average Bonchev–Trinajstić information content (AvgIpc) is 2.82. The van der Waals surface area contributed by atoms with Crippen LogP contribution in [0, 0.1) is 0 Å². The lowest BCUT2D eigenvalue weighted by Gasteiger charge is -2.26. The Labute approximate surface area is 126 Å². The summed E-state index contributed by atoms with van der Waals surface area (Å²) in [6, 6.07) is 8.28. The number of pyridine rings is 1. The maximum atomic E-state index is 5.97. The number of aliphatic imine (C=N–C) groups is 1. The molecule has 1 aliphatic heterocycles. The molecule has 1 aromatic carbocycles. The van der Waals surface area contributed by atoms with Gasteiger partial charge in [-0.3, -0.25) is 9.98 Å². The molecule has 0 saturated carbocycles. The van der Waals surface area contributed by atoms with Crippen molar-refractivity contribution in [3.8, 4) is 0 Å². The maximum Gasteiger partial charge on any atom is 0.192 e. The molecular weight excluding hydrogens is 316 g/mol. The van der Waals surface area contributed by atoms with Crippen molar-refractivity contribution in [2.45, 2.75) is 6.04 Å². The predicted octanol–water partition coefficient (Wildman–Crippen LogP) is 2.85. The van der Waals surface area contributed by atoms with Gasteiger partial charge in [0.25, 0.3) is 0 Å².